The van der Waals surface area contributed by atoms with E-state index in [0.717, 1.165) is 22.0 Å². The molecule has 212 valence electrons. The summed E-state index contributed by atoms with van der Waals surface area (Å²) >= 11 is 6.53. The third-order valence-electron chi connectivity index (χ3n) is 6.50. The van der Waals surface area contributed by atoms with Gasteiger partial charge < -0.3 is 19.2 Å². The topological polar surface area (TPSA) is 102 Å². The smallest absolute Gasteiger partial charge is 0.343 e. The molecule has 1 aromatic heterocycles. The van der Waals surface area contributed by atoms with E-state index >= 15 is 0 Å². The lowest BCUT2D eigenvalue weighted by Crippen LogP contribution is -2.19. The van der Waals surface area contributed by atoms with E-state index in [0.29, 0.717) is 45.5 Å². The van der Waals surface area contributed by atoms with Gasteiger partial charge in [-0.3, -0.25) is 4.79 Å². The first kappa shape index (κ1) is 28.4. The number of amides is 1. The Labute approximate surface area is 247 Å². The molecule has 0 fully saturated rings. The molecule has 0 atom stereocenters. The van der Waals surface area contributed by atoms with Crippen LogP contribution in [-0.2, 0) is 0 Å². The van der Waals surface area contributed by atoms with E-state index in [9.17, 15) is 9.59 Å². The van der Waals surface area contributed by atoms with Gasteiger partial charge in [-0.25, -0.2) is 10.2 Å². The van der Waals surface area contributed by atoms with E-state index in [4.69, 9.17) is 25.8 Å². The van der Waals surface area contributed by atoms with Crippen LogP contribution in [0.3, 0.4) is 0 Å². The molecule has 0 aliphatic rings. The molecule has 4 aromatic carbocycles. The first-order valence-electron chi connectivity index (χ1n) is 13.2. The second-order valence-corrected chi connectivity index (χ2v) is 9.77. The molecule has 9 heteroatoms. The second kappa shape index (κ2) is 12.6. The van der Waals surface area contributed by atoms with Crippen molar-refractivity contribution in [2.24, 2.45) is 5.10 Å². The minimum absolute atomic E-state index is 0.261. The van der Waals surface area contributed by atoms with Crippen molar-refractivity contribution in [1.82, 2.24) is 10.4 Å². The number of hydrazone groups is 1. The van der Waals surface area contributed by atoms with Crippen LogP contribution in [0.5, 0.6) is 17.2 Å². The number of H-pyrrole nitrogens is 1. The third-order valence-corrected chi connectivity index (χ3v) is 6.83. The predicted molar refractivity (Wildman–Crippen MR) is 164 cm³/mol. The maximum atomic E-state index is 13.3. The Morgan fingerprint density at radius 2 is 1.76 bits per heavy atom. The first-order chi connectivity index (χ1) is 20.4. The van der Waals surface area contributed by atoms with E-state index in [1.54, 1.807) is 55.6 Å². The molecule has 5 rings (SSSR count). The Morgan fingerprint density at radius 3 is 2.50 bits per heavy atom. The third kappa shape index (κ3) is 6.14. The fraction of sp³-hybridized carbons (Fsp3) is 0.121. The first-order valence-corrected chi connectivity index (χ1v) is 13.6. The molecule has 5 aromatic rings. The fourth-order valence-corrected chi connectivity index (χ4v) is 4.71. The van der Waals surface area contributed by atoms with Gasteiger partial charge in [-0.2, -0.15) is 5.10 Å². The van der Waals surface area contributed by atoms with Gasteiger partial charge in [0, 0.05) is 27.1 Å². The Bertz CT molecular complexity index is 1790. The highest BCUT2D eigenvalue weighted by Crippen LogP contribution is 2.37. The molecule has 0 unspecified atom stereocenters. The maximum Gasteiger partial charge on any atom is 0.343 e. The number of aromatic nitrogens is 1. The molecule has 0 aliphatic heterocycles. The zero-order chi connectivity index (χ0) is 29.6. The minimum atomic E-state index is -0.532. The molecule has 0 saturated carbocycles. The Hall–Kier alpha value is -5.08. The van der Waals surface area contributed by atoms with E-state index in [-0.39, 0.29) is 5.75 Å². The van der Waals surface area contributed by atoms with Gasteiger partial charge in [0.2, 0.25) is 0 Å². The van der Waals surface area contributed by atoms with Crippen molar-refractivity contribution in [3.8, 4) is 28.4 Å². The number of rotatable bonds is 9. The highest BCUT2D eigenvalue weighted by molar-refractivity contribution is 6.34. The summed E-state index contributed by atoms with van der Waals surface area (Å²) in [6, 6.07) is 24.9. The highest BCUT2D eigenvalue weighted by Gasteiger charge is 2.21. The van der Waals surface area contributed by atoms with Crippen molar-refractivity contribution in [2.75, 3.05) is 13.7 Å². The van der Waals surface area contributed by atoms with Gasteiger partial charge >= 0.3 is 5.97 Å². The SMILES string of the molecule is CCOc1cc(C=NNC(=O)c2[nH]c3ccc(C)cc3c2-c2ccccc2Cl)ccc1OC(=O)c1ccc(OC)cc1. The quantitative estimate of drug-likeness (QED) is 0.0830. The molecule has 0 saturated heterocycles. The molecule has 2 N–H and O–H groups in total. The van der Waals surface area contributed by atoms with Crippen molar-refractivity contribution in [1.29, 1.82) is 0 Å². The lowest BCUT2D eigenvalue weighted by molar-refractivity contribution is 0.0728. The van der Waals surface area contributed by atoms with Crippen molar-refractivity contribution in [2.45, 2.75) is 13.8 Å². The number of fused-ring (bicyclic) bond motifs is 1. The molecule has 42 heavy (non-hydrogen) atoms. The number of methoxy groups -OCH3 is 1. The van der Waals surface area contributed by atoms with E-state index in [2.05, 4.69) is 15.5 Å². The summed E-state index contributed by atoms with van der Waals surface area (Å²) in [5, 5.41) is 5.59. The van der Waals surface area contributed by atoms with Gasteiger partial charge in [0.15, 0.2) is 11.5 Å². The number of halogens is 1. The number of nitrogens with zero attached hydrogens (tertiary/aromatic N) is 1. The number of carbonyl (C=O) groups excluding carboxylic acids is 2. The van der Waals surface area contributed by atoms with E-state index in [1.165, 1.54) is 6.21 Å². The number of hydrogen-bond donors (Lipinski definition) is 2. The standard InChI is InChI=1S/C33H28ClN3O5/c1-4-41-29-18-21(10-16-28(29)42-33(39)22-11-13-23(40-3)14-12-22)19-35-37-32(38)31-30(24-7-5-6-8-26(24)34)25-17-20(2)9-15-27(25)36-31/h5-19,36H,4H2,1-3H3,(H,37,38). The summed E-state index contributed by atoms with van der Waals surface area (Å²) in [4.78, 5) is 29.2. The summed E-state index contributed by atoms with van der Waals surface area (Å²) in [6.45, 7) is 4.18. The molecule has 1 amide bonds. The average molecular weight is 582 g/mol. The van der Waals surface area contributed by atoms with Gasteiger partial charge in [-0.1, -0.05) is 41.4 Å². The van der Waals surface area contributed by atoms with Crippen molar-refractivity contribution >= 4 is 40.6 Å². The number of nitrogens with one attached hydrogen (secondary N) is 2. The van der Waals surface area contributed by atoms with Crippen LogP contribution in [0.4, 0.5) is 0 Å². The zero-order valence-corrected chi connectivity index (χ0v) is 24.0. The van der Waals surface area contributed by atoms with E-state index in [1.807, 2.05) is 50.2 Å². The van der Waals surface area contributed by atoms with Crippen molar-refractivity contribution < 1.29 is 23.8 Å². The number of hydrogen-bond acceptors (Lipinski definition) is 6. The molecular weight excluding hydrogens is 554 g/mol. The summed E-state index contributed by atoms with van der Waals surface area (Å²) in [5.74, 6) is 0.301. The number of carbonyl (C=O) groups is 2. The second-order valence-electron chi connectivity index (χ2n) is 9.36. The monoisotopic (exact) mass is 581 g/mol. The summed E-state index contributed by atoms with van der Waals surface area (Å²) in [6.07, 6.45) is 1.48. The Morgan fingerprint density at radius 1 is 0.976 bits per heavy atom. The Balaban J connectivity index is 1.36. The Kier molecular flexibility index (Phi) is 8.55. The van der Waals surface area contributed by atoms with Crippen molar-refractivity contribution in [3.63, 3.8) is 0 Å². The van der Waals surface area contributed by atoms with Crippen LogP contribution >= 0.6 is 11.6 Å². The number of aryl methyl sites for hydroxylation is 1. The van der Waals surface area contributed by atoms with Crippen molar-refractivity contribution in [3.05, 3.63) is 112 Å². The van der Waals surface area contributed by atoms with Crippen LogP contribution in [-0.4, -0.2) is 36.8 Å². The highest BCUT2D eigenvalue weighted by atomic mass is 35.5. The predicted octanol–water partition coefficient (Wildman–Crippen LogP) is 7.19. The number of esters is 1. The van der Waals surface area contributed by atoms with Gasteiger partial charge in [-0.05, 0) is 80.1 Å². The molecule has 8 nitrogen and oxygen atoms in total. The van der Waals surface area contributed by atoms with Gasteiger partial charge in [-0.15, -0.1) is 0 Å². The van der Waals surface area contributed by atoms with Gasteiger partial charge in [0.05, 0.1) is 25.5 Å². The number of aromatic amines is 1. The van der Waals surface area contributed by atoms with Crippen LogP contribution < -0.4 is 19.6 Å². The lowest BCUT2D eigenvalue weighted by atomic mass is 10.0. The maximum absolute atomic E-state index is 13.3. The molecule has 0 bridgehead atoms. The van der Waals surface area contributed by atoms with Crippen LogP contribution in [0.1, 0.15) is 38.9 Å². The minimum Gasteiger partial charge on any atom is -0.497 e. The normalized spacial score (nSPS) is 11.0. The lowest BCUT2D eigenvalue weighted by Gasteiger charge is -2.11. The zero-order valence-electron chi connectivity index (χ0n) is 23.2. The van der Waals surface area contributed by atoms with Crippen LogP contribution in [0.2, 0.25) is 5.02 Å². The van der Waals surface area contributed by atoms with Gasteiger partial charge in [0.25, 0.3) is 5.91 Å². The molecule has 1 heterocycles. The van der Waals surface area contributed by atoms with Crippen LogP contribution in [0, 0.1) is 6.92 Å². The average Bonchev–Trinajstić information content (AvgIpc) is 3.37. The van der Waals surface area contributed by atoms with E-state index < -0.39 is 11.9 Å². The summed E-state index contributed by atoms with van der Waals surface area (Å²) < 4.78 is 16.4. The molecular formula is C33H28ClN3O5. The van der Waals surface area contributed by atoms with Crippen LogP contribution in [0.15, 0.2) is 90.0 Å². The van der Waals surface area contributed by atoms with Gasteiger partial charge in [0.1, 0.15) is 11.4 Å². The number of benzene rings is 4. The largest absolute Gasteiger partial charge is 0.497 e. The van der Waals surface area contributed by atoms with Crippen LogP contribution in [0.25, 0.3) is 22.0 Å². The number of ether oxygens (including phenoxy) is 3. The molecule has 0 radical (unpaired) electrons. The fourth-order valence-electron chi connectivity index (χ4n) is 4.48. The summed E-state index contributed by atoms with van der Waals surface area (Å²) in [7, 11) is 1.55. The molecule has 0 aliphatic carbocycles. The summed E-state index contributed by atoms with van der Waals surface area (Å²) in [5.41, 5.74) is 7.26. The molecule has 0 spiro atoms.